The lowest BCUT2D eigenvalue weighted by molar-refractivity contribution is 0.412. The first-order valence-electron chi connectivity index (χ1n) is 4.92. The van der Waals surface area contributed by atoms with Crippen LogP contribution in [-0.2, 0) is 0 Å². The van der Waals surface area contributed by atoms with Crippen LogP contribution in [0, 0.1) is 5.82 Å². The number of rotatable bonds is 5. The van der Waals surface area contributed by atoms with E-state index < -0.39 is 0 Å². The average Bonchev–Trinajstić information content (AvgIpc) is 2.25. The van der Waals surface area contributed by atoms with E-state index in [4.69, 9.17) is 4.74 Å². The van der Waals surface area contributed by atoms with Gasteiger partial charge in [-0.1, -0.05) is 12.2 Å². The minimum atomic E-state index is -0.246. The van der Waals surface area contributed by atoms with Gasteiger partial charge in [-0.3, -0.25) is 0 Å². The molecule has 0 aliphatic heterocycles. The zero-order valence-electron chi connectivity index (χ0n) is 9.09. The fourth-order valence-corrected chi connectivity index (χ4v) is 1.27. The van der Waals surface area contributed by atoms with Crippen molar-refractivity contribution < 1.29 is 9.13 Å². The van der Waals surface area contributed by atoms with Crippen molar-refractivity contribution in [3.63, 3.8) is 0 Å². The Balaban J connectivity index is 2.73. The van der Waals surface area contributed by atoms with E-state index in [1.807, 2.05) is 19.2 Å². The highest BCUT2D eigenvalue weighted by Gasteiger charge is 2.00. The Labute approximate surface area is 89.8 Å². The standard InChI is InChI=1S/C12H16FNO/c1-14-8-4-3-5-10-9-11(13)6-7-12(10)15-2/h3,5-7,9,14H,4,8H2,1-2H3/b5-3+. The summed E-state index contributed by atoms with van der Waals surface area (Å²) in [4.78, 5) is 0. The van der Waals surface area contributed by atoms with Gasteiger partial charge < -0.3 is 10.1 Å². The third kappa shape index (κ3) is 3.72. The fourth-order valence-electron chi connectivity index (χ4n) is 1.27. The summed E-state index contributed by atoms with van der Waals surface area (Å²) < 4.78 is 18.1. The largest absolute Gasteiger partial charge is 0.496 e. The Morgan fingerprint density at radius 3 is 2.93 bits per heavy atom. The van der Waals surface area contributed by atoms with Crippen LogP contribution >= 0.6 is 0 Å². The highest BCUT2D eigenvalue weighted by molar-refractivity contribution is 5.57. The smallest absolute Gasteiger partial charge is 0.126 e. The van der Waals surface area contributed by atoms with Crippen LogP contribution in [0.15, 0.2) is 24.3 Å². The Hall–Kier alpha value is -1.35. The summed E-state index contributed by atoms with van der Waals surface area (Å²) in [5.41, 5.74) is 0.772. The van der Waals surface area contributed by atoms with Crippen molar-refractivity contribution in [1.29, 1.82) is 0 Å². The number of hydrogen-bond donors (Lipinski definition) is 1. The summed E-state index contributed by atoms with van der Waals surface area (Å²) in [7, 11) is 3.48. The van der Waals surface area contributed by atoms with Crippen LogP contribution in [0.4, 0.5) is 4.39 Å². The van der Waals surface area contributed by atoms with Crippen LogP contribution in [0.3, 0.4) is 0 Å². The van der Waals surface area contributed by atoms with Crippen LogP contribution in [0.25, 0.3) is 6.08 Å². The molecule has 0 unspecified atom stereocenters. The Bertz CT molecular complexity index is 336. The molecule has 0 aromatic heterocycles. The molecular formula is C12H16FNO. The van der Waals surface area contributed by atoms with E-state index in [2.05, 4.69) is 5.32 Å². The molecule has 0 saturated carbocycles. The number of methoxy groups -OCH3 is 1. The molecule has 0 spiro atoms. The van der Waals surface area contributed by atoms with Crippen LogP contribution in [0.1, 0.15) is 12.0 Å². The number of ether oxygens (including phenoxy) is 1. The van der Waals surface area contributed by atoms with Gasteiger partial charge in [0.15, 0.2) is 0 Å². The molecule has 1 N–H and O–H groups in total. The van der Waals surface area contributed by atoms with Gasteiger partial charge in [0, 0.05) is 5.56 Å². The maximum Gasteiger partial charge on any atom is 0.126 e. The Kier molecular flexibility index (Phi) is 4.84. The summed E-state index contributed by atoms with van der Waals surface area (Å²) in [6, 6.07) is 4.49. The van der Waals surface area contributed by atoms with Crippen molar-refractivity contribution >= 4 is 6.08 Å². The van der Waals surface area contributed by atoms with E-state index in [-0.39, 0.29) is 5.82 Å². The molecule has 0 bridgehead atoms. The number of hydrogen-bond acceptors (Lipinski definition) is 2. The third-order valence-electron chi connectivity index (χ3n) is 2.05. The van der Waals surface area contributed by atoms with E-state index in [0.717, 1.165) is 18.5 Å². The maximum atomic E-state index is 13.0. The van der Waals surface area contributed by atoms with Crippen molar-refractivity contribution in [1.82, 2.24) is 5.32 Å². The van der Waals surface area contributed by atoms with Crippen molar-refractivity contribution in [2.75, 3.05) is 20.7 Å². The first kappa shape index (κ1) is 11.7. The van der Waals surface area contributed by atoms with Crippen molar-refractivity contribution in [2.45, 2.75) is 6.42 Å². The summed E-state index contributed by atoms with van der Waals surface area (Å²) in [6.07, 6.45) is 4.78. The summed E-state index contributed by atoms with van der Waals surface area (Å²) in [5.74, 6) is 0.446. The summed E-state index contributed by atoms with van der Waals surface area (Å²) >= 11 is 0. The monoisotopic (exact) mass is 209 g/mol. The molecule has 0 radical (unpaired) electrons. The van der Waals surface area contributed by atoms with E-state index in [9.17, 15) is 4.39 Å². The Morgan fingerprint density at radius 2 is 2.27 bits per heavy atom. The zero-order valence-corrected chi connectivity index (χ0v) is 9.09. The molecular weight excluding hydrogens is 193 g/mol. The minimum Gasteiger partial charge on any atom is -0.496 e. The van der Waals surface area contributed by atoms with Crippen molar-refractivity contribution in [3.05, 3.63) is 35.7 Å². The maximum absolute atomic E-state index is 13.0. The number of halogens is 1. The molecule has 15 heavy (non-hydrogen) atoms. The second-order valence-corrected chi connectivity index (χ2v) is 3.18. The summed E-state index contributed by atoms with van der Waals surface area (Å²) in [6.45, 7) is 0.911. The fraction of sp³-hybridized carbons (Fsp3) is 0.333. The van der Waals surface area contributed by atoms with Gasteiger partial charge >= 0.3 is 0 Å². The molecule has 1 aromatic rings. The van der Waals surface area contributed by atoms with E-state index in [1.165, 1.54) is 12.1 Å². The molecule has 0 heterocycles. The van der Waals surface area contributed by atoms with Gasteiger partial charge in [-0.25, -0.2) is 4.39 Å². The van der Waals surface area contributed by atoms with Crippen molar-refractivity contribution in [2.24, 2.45) is 0 Å². The van der Waals surface area contributed by atoms with Crippen LogP contribution in [-0.4, -0.2) is 20.7 Å². The van der Waals surface area contributed by atoms with Crippen LogP contribution in [0.5, 0.6) is 5.75 Å². The quantitative estimate of drug-likeness (QED) is 0.752. The lowest BCUT2D eigenvalue weighted by atomic mass is 10.1. The van der Waals surface area contributed by atoms with E-state index >= 15 is 0 Å². The van der Waals surface area contributed by atoms with Gasteiger partial charge in [-0.05, 0) is 38.2 Å². The molecule has 1 rings (SSSR count). The summed E-state index contributed by atoms with van der Waals surface area (Å²) in [5, 5.41) is 3.04. The van der Waals surface area contributed by atoms with Crippen LogP contribution in [0.2, 0.25) is 0 Å². The molecule has 0 fully saturated rings. The molecule has 2 nitrogen and oxygen atoms in total. The van der Waals surface area contributed by atoms with E-state index in [1.54, 1.807) is 13.2 Å². The van der Waals surface area contributed by atoms with Gasteiger partial charge in [0.25, 0.3) is 0 Å². The predicted molar refractivity (Wildman–Crippen MR) is 60.5 cm³/mol. The van der Waals surface area contributed by atoms with Gasteiger partial charge in [0.05, 0.1) is 7.11 Å². The first-order valence-corrected chi connectivity index (χ1v) is 4.92. The second-order valence-electron chi connectivity index (χ2n) is 3.18. The van der Waals surface area contributed by atoms with E-state index in [0.29, 0.717) is 5.75 Å². The minimum absolute atomic E-state index is 0.246. The van der Waals surface area contributed by atoms with Gasteiger partial charge in [-0.2, -0.15) is 0 Å². The zero-order chi connectivity index (χ0) is 11.1. The number of nitrogens with one attached hydrogen (secondary N) is 1. The molecule has 0 aliphatic rings. The highest BCUT2D eigenvalue weighted by Crippen LogP contribution is 2.20. The topological polar surface area (TPSA) is 21.3 Å². The molecule has 0 atom stereocenters. The average molecular weight is 209 g/mol. The molecule has 0 saturated heterocycles. The van der Waals surface area contributed by atoms with Crippen LogP contribution < -0.4 is 10.1 Å². The van der Waals surface area contributed by atoms with Gasteiger partial charge in [0.1, 0.15) is 11.6 Å². The second kappa shape index (κ2) is 6.19. The van der Waals surface area contributed by atoms with Crippen molar-refractivity contribution in [3.8, 4) is 5.75 Å². The molecule has 1 aromatic carbocycles. The third-order valence-corrected chi connectivity index (χ3v) is 2.05. The molecule has 0 amide bonds. The van der Waals surface area contributed by atoms with Gasteiger partial charge in [-0.15, -0.1) is 0 Å². The van der Waals surface area contributed by atoms with Gasteiger partial charge in [0.2, 0.25) is 0 Å². The first-order chi connectivity index (χ1) is 7.27. The SMILES string of the molecule is CNCC/C=C/c1cc(F)ccc1OC. The molecule has 82 valence electrons. The molecule has 3 heteroatoms. The normalized spacial score (nSPS) is 10.9. The predicted octanol–water partition coefficient (Wildman–Crippen LogP) is 2.46. The lowest BCUT2D eigenvalue weighted by Crippen LogP contribution is -2.05. The molecule has 0 aliphatic carbocycles. The number of benzene rings is 1. The lowest BCUT2D eigenvalue weighted by Gasteiger charge is -2.04. The Morgan fingerprint density at radius 1 is 1.47 bits per heavy atom. The highest BCUT2D eigenvalue weighted by atomic mass is 19.1.